The topological polar surface area (TPSA) is 328 Å². The maximum atomic E-state index is 13.8. The molecule has 0 saturated carbocycles. The third-order valence-electron chi connectivity index (χ3n) is 9.21. The SMILES string of the molecule is CCN(CC)c1ccc(N=Nc2ccc(-c3ccc(N=Nc4c(S(=O)(=O)O)cc5cc(S(=O)(=O)O)c(N=Nc6ccc(S(=O)(=O)[O-])cc6)c([O-])c5c4N)cc3)cc2)c(N=C(C)[O-])c1.[Na+].[Na+].[Na+]. The van der Waals surface area contributed by atoms with Crippen molar-refractivity contribution in [3.05, 3.63) is 103 Å². The molecule has 20 nitrogen and oxygen atoms in total. The van der Waals surface area contributed by atoms with Crippen molar-refractivity contribution < 1.29 is 138 Å². The van der Waals surface area contributed by atoms with E-state index >= 15 is 0 Å². The van der Waals surface area contributed by atoms with Gasteiger partial charge < -0.3 is 25.4 Å². The molecule has 0 aromatic heterocycles. The minimum absolute atomic E-state index is 0. The molecule has 4 N–H and O–H groups in total. The largest absolute Gasteiger partial charge is 1.00 e. The van der Waals surface area contributed by atoms with Gasteiger partial charge in [-0.25, -0.2) is 8.42 Å². The Morgan fingerprint density at radius 3 is 1.50 bits per heavy atom. The molecule has 0 fully saturated rings. The predicted molar refractivity (Wildman–Crippen MR) is 229 cm³/mol. The fraction of sp³-hybridized carbons (Fsp3) is 0.125. The summed E-state index contributed by atoms with van der Waals surface area (Å²) < 4.78 is 104. The third-order valence-corrected chi connectivity index (χ3v) is 11.8. The molecule has 6 aromatic rings. The fourth-order valence-corrected chi connectivity index (χ4v) is 7.97. The molecule has 0 unspecified atom stereocenters. The smallest absolute Gasteiger partial charge is 0.870 e. The number of azo groups is 3. The second-order valence-electron chi connectivity index (χ2n) is 13.4. The van der Waals surface area contributed by atoms with Crippen LogP contribution in [0.4, 0.5) is 51.2 Å². The summed E-state index contributed by atoms with van der Waals surface area (Å²) in [6, 6.07) is 24.2. The van der Waals surface area contributed by atoms with Gasteiger partial charge in [0, 0.05) is 24.2 Å². The van der Waals surface area contributed by atoms with E-state index in [9.17, 15) is 49.1 Å². The Morgan fingerprint density at radius 1 is 0.621 bits per heavy atom. The summed E-state index contributed by atoms with van der Waals surface area (Å²) in [6.45, 7) is 6.95. The van der Waals surface area contributed by atoms with Gasteiger partial charge in [0.25, 0.3) is 20.2 Å². The normalized spacial score (nSPS) is 12.3. The fourth-order valence-electron chi connectivity index (χ4n) is 6.18. The molecule has 66 heavy (non-hydrogen) atoms. The summed E-state index contributed by atoms with van der Waals surface area (Å²) in [5.74, 6) is -1.63. The summed E-state index contributed by atoms with van der Waals surface area (Å²) in [5.41, 5.74) is 7.72. The first kappa shape index (κ1) is 56.3. The summed E-state index contributed by atoms with van der Waals surface area (Å²) in [4.78, 5) is 3.56. The van der Waals surface area contributed by atoms with Gasteiger partial charge in [-0.15, -0.1) is 15.3 Å². The molecule has 0 heterocycles. The maximum absolute atomic E-state index is 13.8. The van der Waals surface area contributed by atoms with Gasteiger partial charge in [0.2, 0.25) is 0 Å². The molecule has 0 spiro atoms. The minimum atomic E-state index is -5.24. The molecule has 326 valence electrons. The van der Waals surface area contributed by atoms with Gasteiger partial charge in [-0.1, -0.05) is 30.0 Å². The second kappa shape index (κ2) is 23.3. The average molecular weight is 982 g/mol. The zero-order chi connectivity index (χ0) is 45.9. The number of benzene rings is 6. The Bertz CT molecular complexity index is 3210. The Balaban J connectivity index is 0.00000385. The van der Waals surface area contributed by atoms with Crippen LogP contribution in [0.3, 0.4) is 0 Å². The van der Waals surface area contributed by atoms with Crippen molar-refractivity contribution in [1.29, 1.82) is 0 Å². The number of nitrogens with two attached hydrogens (primary N) is 1. The van der Waals surface area contributed by atoms with Crippen LogP contribution in [0.25, 0.3) is 21.9 Å². The van der Waals surface area contributed by atoms with Gasteiger partial charge in [-0.3, -0.25) is 14.1 Å². The second-order valence-corrected chi connectivity index (χ2v) is 17.5. The van der Waals surface area contributed by atoms with E-state index < -0.39 is 78.6 Å². The van der Waals surface area contributed by atoms with Crippen LogP contribution in [0.2, 0.25) is 0 Å². The summed E-state index contributed by atoms with van der Waals surface area (Å²) in [7, 11) is -15.2. The van der Waals surface area contributed by atoms with Crippen LogP contribution >= 0.6 is 0 Å². The van der Waals surface area contributed by atoms with Gasteiger partial charge in [0.15, 0.2) is 0 Å². The Labute approximate surface area is 446 Å². The van der Waals surface area contributed by atoms with Crippen LogP contribution in [-0.2, 0) is 30.4 Å². The molecule has 0 atom stereocenters. The maximum Gasteiger partial charge on any atom is 1.00 e. The molecule has 0 aliphatic heterocycles. The van der Waals surface area contributed by atoms with Crippen molar-refractivity contribution in [2.24, 2.45) is 35.7 Å². The van der Waals surface area contributed by atoms with Gasteiger partial charge >= 0.3 is 88.7 Å². The molecular formula is C40H34N9Na3O11S3. The Hall–Kier alpha value is -4.02. The number of anilines is 2. The number of hydrogen-bond donors (Lipinski definition) is 3. The van der Waals surface area contributed by atoms with Crippen LogP contribution in [0, 0.1) is 0 Å². The standard InChI is InChI=1S/C40H37N9O11S3.3Na/c1-4-49(5-2)30-16-19-32(33(22-30)42-23(3)50)46-43-27-10-6-24(7-11-27)25-8-12-28(13-9-25)44-47-38-34(62(55,56)57)20-26-21-35(63(58,59)60)39(40(51)36(26)37(38)41)48-45-29-14-17-31(18-15-29)61(52,53)54;;;/h6-22,51H,4-5,41H2,1-3H3,(H,42,50)(H,52,53,54)(H,55,56,57)(H,58,59,60);;;/q;3*+1/p-3. The van der Waals surface area contributed by atoms with Crippen molar-refractivity contribution in [1.82, 2.24) is 0 Å². The van der Waals surface area contributed by atoms with E-state index in [0.29, 0.717) is 29.2 Å². The molecule has 6 rings (SSSR count). The number of fused-ring (bicyclic) bond motifs is 1. The van der Waals surface area contributed by atoms with Gasteiger partial charge in [-0.2, -0.15) is 32.2 Å². The monoisotopic (exact) mass is 981 g/mol. The summed E-state index contributed by atoms with van der Waals surface area (Å²) in [5, 5.41) is 48.6. The Morgan fingerprint density at radius 2 is 1.06 bits per heavy atom. The number of aliphatic imine (C=N–C) groups is 1. The van der Waals surface area contributed by atoms with Crippen molar-refractivity contribution in [3.8, 4) is 16.9 Å². The van der Waals surface area contributed by atoms with Gasteiger partial charge in [0.1, 0.15) is 31.3 Å². The first-order valence-electron chi connectivity index (χ1n) is 18.4. The van der Waals surface area contributed by atoms with E-state index in [2.05, 4.69) is 40.6 Å². The van der Waals surface area contributed by atoms with Crippen LogP contribution in [0.15, 0.2) is 153 Å². The molecular weight excluding hydrogens is 948 g/mol. The first-order valence-corrected chi connectivity index (χ1v) is 22.6. The summed E-state index contributed by atoms with van der Waals surface area (Å²) >= 11 is 0. The first-order chi connectivity index (χ1) is 29.7. The van der Waals surface area contributed by atoms with Crippen LogP contribution < -0.4 is 110 Å². The minimum Gasteiger partial charge on any atom is -0.870 e. The number of rotatable bonds is 14. The van der Waals surface area contributed by atoms with Crippen LogP contribution in [-0.4, -0.2) is 57.9 Å². The van der Waals surface area contributed by atoms with E-state index in [1.165, 1.54) is 19.1 Å². The van der Waals surface area contributed by atoms with Gasteiger partial charge in [0.05, 0.1) is 39.0 Å². The number of hydrogen-bond acceptors (Lipinski definition) is 18. The van der Waals surface area contributed by atoms with E-state index in [1.807, 2.05) is 19.9 Å². The third kappa shape index (κ3) is 13.6. The molecule has 6 aromatic carbocycles. The van der Waals surface area contributed by atoms with E-state index in [1.54, 1.807) is 48.5 Å². The molecule has 26 heteroatoms. The number of nitrogens with zero attached hydrogens (tertiary/aromatic N) is 8. The molecule has 0 radical (unpaired) electrons. The molecule has 0 saturated heterocycles. The quantitative estimate of drug-likeness (QED) is 0.0297. The van der Waals surface area contributed by atoms with Crippen LogP contribution in [0.1, 0.15) is 20.8 Å². The van der Waals surface area contributed by atoms with Crippen LogP contribution in [0.5, 0.6) is 5.75 Å². The van der Waals surface area contributed by atoms with E-state index in [0.717, 1.165) is 54.2 Å². The average Bonchev–Trinajstić information content (AvgIpc) is 3.22. The molecule has 0 aliphatic carbocycles. The molecule has 0 bridgehead atoms. The van der Waals surface area contributed by atoms with E-state index in [-0.39, 0.29) is 106 Å². The number of nitrogen functional groups attached to an aromatic ring is 1. The Kier molecular flexibility index (Phi) is 19.9. The van der Waals surface area contributed by atoms with Gasteiger partial charge in [-0.05, 0) is 122 Å². The van der Waals surface area contributed by atoms with Crippen molar-refractivity contribution in [3.63, 3.8) is 0 Å². The zero-order valence-corrected chi connectivity index (χ0v) is 44.6. The molecule has 0 amide bonds. The predicted octanol–water partition coefficient (Wildman–Crippen LogP) is -0.925. The zero-order valence-electron chi connectivity index (χ0n) is 36.2. The molecule has 0 aliphatic rings. The van der Waals surface area contributed by atoms with Crippen molar-refractivity contribution in [2.45, 2.75) is 35.5 Å². The van der Waals surface area contributed by atoms with Crippen molar-refractivity contribution in [2.75, 3.05) is 23.7 Å². The summed E-state index contributed by atoms with van der Waals surface area (Å²) in [6.07, 6.45) is 0. The van der Waals surface area contributed by atoms with Crippen molar-refractivity contribution >= 4 is 98.2 Å². The van der Waals surface area contributed by atoms with E-state index in [4.69, 9.17) is 5.73 Å².